The van der Waals surface area contributed by atoms with Crippen molar-refractivity contribution in [3.63, 3.8) is 0 Å². The SMILES string of the molecule is CN1C(=O)N(c2cccc(C(F)(F)F)c2)C(=O)C1=NC(Nc1ccccc1[N+](=O)[O-])C(Cl)(Cl)Cl. The molecule has 1 fully saturated rings. The number of imide groups is 1. The van der Waals surface area contributed by atoms with Crippen molar-refractivity contribution in [1.82, 2.24) is 4.90 Å². The Balaban J connectivity index is 2.01. The van der Waals surface area contributed by atoms with Gasteiger partial charge < -0.3 is 5.32 Å². The monoisotopic (exact) mass is 537 g/mol. The van der Waals surface area contributed by atoms with Crippen LogP contribution in [0.1, 0.15) is 5.56 Å². The third kappa shape index (κ3) is 5.18. The molecule has 180 valence electrons. The van der Waals surface area contributed by atoms with Crippen molar-refractivity contribution in [3.05, 3.63) is 64.2 Å². The van der Waals surface area contributed by atoms with Gasteiger partial charge in [0.05, 0.1) is 16.2 Å². The highest BCUT2D eigenvalue weighted by atomic mass is 35.6. The maximum absolute atomic E-state index is 13.1. The van der Waals surface area contributed by atoms with E-state index in [1.165, 1.54) is 24.3 Å². The number of halogens is 6. The number of amidine groups is 1. The lowest BCUT2D eigenvalue weighted by Gasteiger charge is -2.23. The zero-order valence-electron chi connectivity index (χ0n) is 16.9. The van der Waals surface area contributed by atoms with Crippen molar-refractivity contribution in [3.8, 4) is 0 Å². The number of anilines is 2. The van der Waals surface area contributed by atoms with Crippen molar-refractivity contribution in [2.45, 2.75) is 16.1 Å². The summed E-state index contributed by atoms with van der Waals surface area (Å²) < 4.78 is 37.0. The maximum Gasteiger partial charge on any atom is 0.416 e. The van der Waals surface area contributed by atoms with Gasteiger partial charge in [0.2, 0.25) is 9.63 Å². The normalized spacial score (nSPS) is 16.9. The molecule has 2 aromatic carbocycles. The molecule has 1 saturated heterocycles. The number of nitro groups is 1. The van der Waals surface area contributed by atoms with Gasteiger partial charge in [0, 0.05) is 13.1 Å². The molecular formula is C19H13Cl3F3N5O4. The van der Waals surface area contributed by atoms with Gasteiger partial charge in [-0.05, 0) is 24.3 Å². The molecule has 9 nitrogen and oxygen atoms in total. The van der Waals surface area contributed by atoms with E-state index in [1.807, 2.05) is 0 Å². The van der Waals surface area contributed by atoms with Gasteiger partial charge in [0.1, 0.15) is 5.69 Å². The molecule has 0 saturated carbocycles. The van der Waals surface area contributed by atoms with E-state index >= 15 is 0 Å². The number of nitrogens with one attached hydrogen (secondary N) is 1. The van der Waals surface area contributed by atoms with E-state index in [0.29, 0.717) is 11.0 Å². The molecule has 3 rings (SSSR count). The van der Waals surface area contributed by atoms with Crippen LogP contribution < -0.4 is 10.2 Å². The van der Waals surface area contributed by atoms with E-state index in [2.05, 4.69) is 10.3 Å². The molecule has 1 aliphatic rings. The fraction of sp³-hybridized carbons (Fsp3) is 0.211. The standard InChI is InChI=1S/C19H13Cl3F3N5O4/c1-28-14(15(31)29(17(28)32)11-6-4-5-10(9-11)19(23,24)25)27-16(18(20,21)22)26-12-7-2-3-8-13(12)30(33)34/h2-9,16,26H,1H3. The van der Waals surface area contributed by atoms with Crippen LogP contribution in [-0.4, -0.2) is 44.6 Å². The first kappa shape index (κ1) is 25.5. The number of hydrogen-bond donors (Lipinski definition) is 1. The summed E-state index contributed by atoms with van der Waals surface area (Å²) in [4.78, 5) is 41.4. The van der Waals surface area contributed by atoms with Gasteiger partial charge >= 0.3 is 18.1 Å². The summed E-state index contributed by atoms with van der Waals surface area (Å²) in [6.45, 7) is 0. The number of alkyl halides is 6. The van der Waals surface area contributed by atoms with Crippen LogP contribution in [0.5, 0.6) is 0 Å². The van der Waals surface area contributed by atoms with Crippen molar-refractivity contribution in [1.29, 1.82) is 0 Å². The summed E-state index contributed by atoms with van der Waals surface area (Å²) in [5, 5.41) is 13.8. The smallest absolute Gasteiger partial charge is 0.355 e. The van der Waals surface area contributed by atoms with E-state index in [4.69, 9.17) is 34.8 Å². The zero-order chi connectivity index (χ0) is 25.4. The molecular weight excluding hydrogens is 526 g/mol. The quantitative estimate of drug-likeness (QED) is 0.243. The van der Waals surface area contributed by atoms with Crippen LogP contribution in [0, 0.1) is 10.1 Å². The Hall–Kier alpha value is -3.09. The van der Waals surface area contributed by atoms with E-state index in [-0.39, 0.29) is 17.1 Å². The van der Waals surface area contributed by atoms with Gasteiger partial charge in [-0.1, -0.05) is 53.0 Å². The minimum atomic E-state index is -4.71. The number of nitro benzene ring substituents is 1. The van der Waals surface area contributed by atoms with Gasteiger partial charge in [-0.25, -0.2) is 14.7 Å². The van der Waals surface area contributed by atoms with Crippen molar-refractivity contribution >= 4 is 69.6 Å². The van der Waals surface area contributed by atoms with Crippen LogP contribution in [0.3, 0.4) is 0 Å². The molecule has 0 spiro atoms. The lowest BCUT2D eigenvalue weighted by Crippen LogP contribution is -2.36. The third-order valence-electron chi connectivity index (χ3n) is 4.58. The summed E-state index contributed by atoms with van der Waals surface area (Å²) in [7, 11) is 1.15. The molecule has 0 aromatic heterocycles. The number of nitrogens with zero attached hydrogens (tertiary/aromatic N) is 4. The van der Waals surface area contributed by atoms with Crippen LogP contribution >= 0.6 is 34.8 Å². The number of aliphatic imine (C=N–C) groups is 1. The zero-order valence-corrected chi connectivity index (χ0v) is 19.2. The summed E-state index contributed by atoms with van der Waals surface area (Å²) in [5.41, 5.74) is -1.90. The number of carbonyl (C=O) groups excluding carboxylic acids is 2. The van der Waals surface area contributed by atoms with Crippen LogP contribution in [0.25, 0.3) is 0 Å². The van der Waals surface area contributed by atoms with Gasteiger partial charge in [0.15, 0.2) is 6.17 Å². The summed E-state index contributed by atoms with van der Waals surface area (Å²) in [6, 6.07) is 7.93. The van der Waals surface area contributed by atoms with Gasteiger partial charge in [0.25, 0.3) is 5.69 Å². The minimum Gasteiger partial charge on any atom is -0.355 e. The lowest BCUT2D eigenvalue weighted by molar-refractivity contribution is -0.384. The predicted octanol–water partition coefficient (Wildman–Crippen LogP) is 5.22. The second-order valence-corrected chi connectivity index (χ2v) is 9.21. The molecule has 0 aliphatic carbocycles. The summed E-state index contributed by atoms with van der Waals surface area (Å²) in [5.74, 6) is -1.65. The van der Waals surface area contributed by atoms with E-state index in [1.54, 1.807) is 0 Å². The number of likely N-dealkylation sites (N-methyl/N-ethyl adjacent to an activating group) is 1. The first-order valence-electron chi connectivity index (χ1n) is 9.15. The van der Waals surface area contributed by atoms with Crippen LogP contribution in [-0.2, 0) is 11.0 Å². The number of amides is 3. The average molecular weight is 539 g/mol. The van der Waals surface area contributed by atoms with Crippen LogP contribution in [0.2, 0.25) is 0 Å². The molecule has 3 amide bonds. The van der Waals surface area contributed by atoms with Crippen LogP contribution in [0.4, 0.5) is 35.0 Å². The molecule has 1 heterocycles. The molecule has 15 heteroatoms. The fourth-order valence-electron chi connectivity index (χ4n) is 2.97. The Morgan fingerprint density at radius 1 is 1.09 bits per heavy atom. The first-order chi connectivity index (χ1) is 15.7. The molecule has 2 aromatic rings. The summed E-state index contributed by atoms with van der Waals surface area (Å²) in [6.07, 6.45) is -6.31. The Bertz CT molecular complexity index is 1190. The van der Waals surface area contributed by atoms with E-state index < -0.39 is 44.4 Å². The Morgan fingerprint density at radius 3 is 2.32 bits per heavy atom. The number of benzene rings is 2. The van der Waals surface area contributed by atoms with E-state index in [0.717, 1.165) is 30.1 Å². The highest BCUT2D eigenvalue weighted by Crippen LogP contribution is 2.36. The maximum atomic E-state index is 13.1. The minimum absolute atomic E-state index is 0.0951. The highest BCUT2D eigenvalue weighted by Gasteiger charge is 2.44. The topological polar surface area (TPSA) is 108 Å². The largest absolute Gasteiger partial charge is 0.416 e. The van der Waals surface area contributed by atoms with Gasteiger partial charge in [-0.2, -0.15) is 13.2 Å². The Morgan fingerprint density at radius 2 is 1.74 bits per heavy atom. The number of hydrogen-bond acceptors (Lipinski definition) is 6. The fourth-order valence-corrected chi connectivity index (χ4v) is 3.28. The molecule has 1 N–H and O–H groups in total. The second-order valence-electron chi connectivity index (χ2n) is 6.85. The molecule has 1 atom stereocenters. The highest BCUT2D eigenvalue weighted by molar-refractivity contribution is 6.68. The first-order valence-corrected chi connectivity index (χ1v) is 10.3. The van der Waals surface area contributed by atoms with Gasteiger partial charge in [-0.15, -0.1) is 0 Å². The van der Waals surface area contributed by atoms with E-state index in [9.17, 15) is 32.9 Å². The van der Waals surface area contributed by atoms with Crippen molar-refractivity contribution in [2.75, 3.05) is 17.3 Å². The molecule has 0 bridgehead atoms. The average Bonchev–Trinajstić information content (AvgIpc) is 2.95. The number of carbonyl (C=O) groups is 2. The Kier molecular flexibility index (Phi) is 6.97. The number of para-hydroxylation sites is 2. The number of urea groups is 1. The second kappa shape index (κ2) is 9.28. The number of rotatable bonds is 5. The lowest BCUT2D eigenvalue weighted by atomic mass is 10.2. The molecule has 0 radical (unpaired) electrons. The van der Waals surface area contributed by atoms with Crippen molar-refractivity contribution < 1.29 is 27.7 Å². The van der Waals surface area contributed by atoms with Crippen molar-refractivity contribution in [2.24, 2.45) is 4.99 Å². The molecule has 34 heavy (non-hydrogen) atoms. The summed E-state index contributed by atoms with van der Waals surface area (Å²) >= 11 is 17.9. The third-order valence-corrected chi connectivity index (χ3v) is 5.20. The Labute approximate surface area is 204 Å². The van der Waals surface area contributed by atoms with Crippen LogP contribution in [0.15, 0.2) is 53.5 Å². The predicted molar refractivity (Wildman–Crippen MR) is 120 cm³/mol. The molecule has 1 aliphatic heterocycles. The molecule has 1 unspecified atom stereocenters. The van der Waals surface area contributed by atoms with Gasteiger partial charge in [-0.3, -0.25) is 19.8 Å².